The minimum Gasteiger partial charge on any atom is -0.350 e. The van der Waals surface area contributed by atoms with Crippen LogP contribution in [-0.4, -0.2) is 61.7 Å². The van der Waals surface area contributed by atoms with Gasteiger partial charge in [-0.1, -0.05) is 70.5 Å². The van der Waals surface area contributed by atoms with Gasteiger partial charge in [0.25, 0.3) is 0 Å². The van der Waals surface area contributed by atoms with Crippen molar-refractivity contribution in [1.82, 2.24) is 14.5 Å². The normalized spacial score (nSPS) is 12.6. The fourth-order valence-corrected chi connectivity index (χ4v) is 5.48. The van der Waals surface area contributed by atoms with Crippen molar-refractivity contribution >= 4 is 43.6 Å². The van der Waals surface area contributed by atoms with Gasteiger partial charge in [0.1, 0.15) is 18.4 Å². The van der Waals surface area contributed by atoms with Crippen molar-refractivity contribution in [2.24, 2.45) is 0 Å². The topological polar surface area (TPSA) is 90.0 Å². The third-order valence-electron chi connectivity index (χ3n) is 6.18. The van der Waals surface area contributed by atoms with Crippen molar-refractivity contribution < 1.29 is 22.4 Å². The smallest absolute Gasteiger partial charge is 0.304 e. The molecule has 3 aromatic rings. The quantitative estimate of drug-likeness (QED) is 0.325. The number of nitrogens with zero attached hydrogens (tertiary/aromatic N) is 3. The summed E-state index contributed by atoms with van der Waals surface area (Å²) in [6, 6.07) is 20.9. The molecule has 1 N–H and O–H groups in total. The number of amides is 2. The van der Waals surface area contributed by atoms with Crippen LogP contribution in [0.5, 0.6) is 0 Å². The molecule has 220 valence electrons. The first-order chi connectivity index (χ1) is 19.2. The zero-order chi connectivity index (χ0) is 30.4. The van der Waals surface area contributed by atoms with E-state index in [-0.39, 0.29) is 24.6 Å². The molecule has 1 unspecified atom stereocenters. The predicted molar refractivity (Wildman–Crippen MR) is 163 cm³/mol. The molecule has 0 saturated carbocycles. The van der Waals surface area contributed by atoms with Gasteiger partial charge in [-0.15, -0.1) is 0 Å². The third-order valence-corrected chi connectivity index (χ3v) is 8.51. The maximum absolute atomic E-state index is 14.9. The monoisotopic (exact) mass is 646 g/mol. The fourth-order valence-electron chi connectivity index (χ4n) is 4.15. The number of para-hydroxylation sites is 1. The van der Waals surface area contributed by atoms with E-state index in [1.807, 2.05) is 75.4 Å². The number of halogens is 2. The molecule has 0 aliphatic rings. The molecule has 41 heavy (non-hydrogen) atoms. The lowest BCUT2D eigenvalue weighted by molar-refractivity contribution is -0.140. The van der Waals surface area contributed by atoms with Gasteiger partial charge in [-0.25, -0.2) is 8.70 Å². The van der Waals surface area contributed by atoms with Gasteiger partial charge < -0.3 is 10.2 Å². The maximum atomic E-state index is 14.9. The largest absolute Gasteiger partial charge is 0.350 e. The van der Waals surface area contributed by atoms with Gasteiger partial charge in [-0.2, -0.15) is 12.7 Å². The summed E-state index contributed by atoms with van der Waals surface area (Å²) >= 11 is 3.41. The Morgan fingerprint density at radius 3 is 2.05 bits per heavy atom. The van der Waals surface area contributed by atoms with Crippen LogP contribution >= 0.6 is 15.9 Å². The van der Waals surface area contributed by atoms with Crippen molar-refractivity contribution in [1.29, 1.82) is 0 Å². The second-order valence-corrected chi connectivity index (χ2v) is 13.8. The molecular weight excluding hydrogens is 611 g/mol. The fraction of sp³-hybridized carbons (Fsp3) is 0.333. The van der Waals surface area contributed by atoms with Crippen LogP contribution in [0.1, 0.15) is 31.9 Å². The number of hydrogen-bond donors (Lipinski definition) is 1. The molecular formula is C30H36BrFN4O4S. The number of rotatable bonds is 11. The lowest BCUT2D eigenvalue weighted by atomic mass is 10.0. The van der Waals surface area contributed by atoms with Crippen LogP contribution in [-0.2, 0) is 32.8 Å². The summed E-state index contributed by atoms with van der Waals surface area (Å²) in [4.78, 5) is 29.3. The van der Waals surface area contributed by atoms with Gasteiger partial charge in [0.15, 0.2) is 0 Å². The molecule has 11 heteroatoms. The average molecular weight is 648 g/mol. The second-order valence-electron chi connectivity index (χ2n) is 10.8. The molecule has 0 bridgehead atoms. The summed E-state index contributed by atoms with van der Waals surface area (Å²) in [6.45, 7) is 4.83. The molecule has 0 fully saturated rings. The first-order valence-electron chi connectivity index (χ1n) is 13.0. The van der Waals surface area contributed by atoms with Crippen LogP contribution in [0.3, 0.4) is 0 Å². The van der Waals surface area contributed by atoms with Gasteiger partial charge in [-0.3, -0.25) is 9.59 Å². The molecule has 8 nitrogen and oxygen atoms in total. The molecule has 3 aromatic carbocycles. The van der Waals surface area contributed by atoms with Crippen LogP contribution in [0.15, 0.2) is 83.3 Å². The number of carbonyl (C=O) groups excluding carboxylic acids is 2. The highest BCUT2D eigenvalue weighted by molar-refractivity contribution is 9.10. The van der Waals surface area contributed by atoms with Gasteiger partial charge in [0, 0.05) is 37.1 Å². The van der Waals surface area contributed by atoms with Crippen molar-refractivity contribution in [3.63, 3.8) is 0 Å². The number of nitrogens with one attached hydrogen (secondary N) is 1. The minimum absolute atomic E-state index is 0.0221. The number of hydrogen-bond acceptors (Lipinski definition) is 4. The van der Waals surface area contributed by atoms with Crippen molar-refractivity contribution in [3.05, 3.63) is 100 Å². The molecule has 0 saturated heterocycles. The Bertz CT molecular complexity index is 1450. The van der Waals surface area contributed by atoms with Gasteiger partial charge in [0.05, 0.1) is 5.69 Å². The van der Waals surface area contributed by atoms with Crippen molar-refractivity contribution in [2.45, 2.75) is 45.3 Å². The van der Waals surface area contributed by atoms with Gasteiger partial charge in [0.2, 0.25) is 11.8 Å². The minimum atomic E-state index is -4.28. The van der Waals surface area contributed by atoms with E-state index >= 15 is 0 Å². The molecule has 1 atom stereocenters. The Hall–Kier alpha value is -3.28. The zero-order valence-electron chi connectivity index (χ0n) is 23.8. The van der Waals surface area contributed by atoms with Crippen LogP contribution in [0, 0.1) is 5.82 Å². The molecule has 0 heterocycles. The Morgan fingerprint density at radius 1 is 0.902 bits per heavy atom. The molecule has 3 rings (SSSR count). The Kier molecular flexibility index (Phi) is 10.7. The van der Waals surface area contributed by atoms with Crippen molar-refractivity contribution in [2.75, 3.05) is 24.9 Å². The van der Waals surface area contributed by atoms with Crippen LogP contribution in [0.4, 0.5) is 10.1 Å². The highest BCUT2D eigenvalue weighted by Crippen LogP contribution is 2.25. The third kappa shape index (κ3) is 8.85. The lowest BCUT2D eigenvalue weighted by Gasteiger charge is -2.35. The van der Waals surface area contributed by atoms with Crippen LogP contribution in [0.2, 0.25) is 0 Å². The predicted octanol–water partition coefficient (Wildman–Crippen LogP) is 4.76. The van der Waals surface area contributed by atoms with E-state index in [4.69, 9.17) is 0 Å². The first-order valence-corrected chi connectivity index (χ1v) is 15.2. The van der Waals surface area contributed by atoms with E-state index in [1.54, 1.807) is 0 Å². The molecule has 0 spiro atoms. The Morgan fingerprint density at radius 2 is 1.49 bits per heavy atom. The zero-order valence-corrected chi connectivity index (χ0v) is 26.2. The second kappa shape index (κ2) is 13.6. The van der Waals surface area contributed by atoms with Crippen LogP contribution < -0.4 is 9.62 Å². The molecule has 0 radical (unpaired) electrons. The van der Waals surface area contributed by atoms with E-state index in [9.17, 15) is 22.4 Å². The van der Waals surface area contributed by atoms with Gasteiger partial charge in [-0.05, 0) is 56.2 Å². The standard InChI is InChI=1S/C30H36BrFN4O4S/c1-30(2,3)33-29(38)27(19-22-11-7-6-8-12-22)35(20-23-15-17-24(31)18-16-23)28(37)21-36(41(39,40)34(4)5)26-14-10-9-13-25(26)32/h6-18,27H,19-21H2,1-5H3,(H,33,38). The van der Waals surface area contributed by atoms with E-state index in [2.05, 4.69) is 21.2 Å². The Balaban J connectivity index is 2.12. The summed E-state index contributed by atoms with van der Waals surface area (Å²) in [7, 11) is -1.67. The summed E-state index contributed by atoms with van der Waals surface area (Å²) in [6.07, 6.45) is 0.186. The van der Waals surface area contributed by atoms with Gasteiger partial charge >= 0.3 is 10.2 Å². The van der Waals surface area contributed by atoms with Crippen molar-refractivity contribution in [3.8, 4) is 0 Å². The highest BCUT2D eigenvalue weighted by Gasteiger charge is 2.36. The Labute approximate surface area is 250 Å². The maximum Gasteiger partial charge on any atom is 0.304 e. The number of anilines is 1. The number of carbonyl (C=O) groups is 2. The average Bonchev–Trinajstić information content (AvgIpc) is 2.90. The molecule has 0 aromatic heterocycles. The summed E-state index contributed by atoms with van der Waals surface area (Å²) < 4.78 is 44.1. The molecule has 2 amide bonds. The highest BCUT2D eigenvalue weighted by atomic mass is 79.9. The lowest BCUT2D eigenvalue weighted by Crippen LogP contribution is -2.56. The summed E-state index contributed by atoms with van der Waals surface area (Å²) in [5, 5.41) is 2.97. The van der Waals surface area contributed by atoms with E-state index in [0.717, 1.165) is 30.3 Å². The van der Waals surface area contributed by atoms with Crippen LogP contribution in [0.25, 0.3) is 0 Å². The first kappa shape index (κ1) is 32.2. The number of benzene rings is 3. The summed E-state index contributed by atoms with van der Waals surface area (Å²) in [5.41, 5.74) is 0.696. The van der Waals surface area contributed by atoms with E-state index in [0.29, 0.717) is 0 Å². The molecule has 0 aliphatic carbocycles. The molecule has 0 aliphatic heterocycles. The SMILES string of the molecule is CN(C)S(=O)(=O)N(CC(=O)N(Cc1ccc(Br)cc1)C(Cc1ccccc1)C(=O)NC(C)(C)C)c1ccccc1F. The van der Waals surface area contributed by atoms with E-state index < -0.39 is 40.1 Å². The van der Waals surface area contributed by atoms with E-state index in [1.165, 1.54) is 37.2 Å². The summed E-state index contributed by atoms with van der Waals surface area (Å²) in [5.74, 6) is -1.84.